The van der Waals surface area contributed by atoms with E-state index in [-0.39, 0.29) is 11.8 Å². The van der Waals surface area contributed by atoms with Crippen molar-refractivity contribution in [3.8, 4) is 0 Å². The third-order valence-electron chi connectivity index (χ3n) is 5.59. The highest BCUT2D eigenvalue weighted by Crippen LogP contribution is 2.33. The topological polar surface area (TPSA) is 75.3 Å². The van der Waals surface area contributed by atoms with Gasteiger partial charge in [-0.3, -0.25) is 4.79 Å². The van der Waals surface area contributed by atoms with Crippen LogP contribution in [0.15, 0.2) is 30.6 Å². The van der Waals surface area contributed by atoms with Crippen molar-refractivity contribution in [1.29, 1.82) is 0 Å². The molecule has 1 aliphatic heterocycles. The Morgan fingerprint density at radius 3 is 2.77 bits per heavy atom. The first kappa shape index (κ1) is 18.6. The van der Waals surface area contributed by atoms with Gasteiger partial charge >= 0.3 is 0 Å². The van der Waals surface area contributed by atoms with Crippen molar-refractivity contribution in [1.82, 2.24) is 14.9 Å². The molecule has 0 spiro atoms. The lowest BCUT2D eigenvalue weighted by Crippen LogP contribution is -2.47. The smallest absolute Gasteiger partial charge is 0.220 e. The first-order valence-corrected chi connectivity index (χ1v) is 9.62. The summed E-state index contributed by atoms with van der Waals surface area (Å²) in [5, 5.41) is 1.07. The van der Waals surface area contributed by atoms with E-state index in [1.165, 1.54) is 0 Å². The van der Waals surface area contributed by atoms with E-state index < -0.39 is 0 Å². The van der Waals surface area contributed by atoms with Crippen molar-refractivity contribution in [3.05, 3.63) is 30.6 Å². The van der Waals surface area contributed by atoms with E-state index in [1.54, 1.807) is 6.20 Å². The van der Waals surface area contributed by atoms with Gasteiger partial charge in [0, 0.05) is 48.5 Å². The average Bonchev–Trinajstić information content (AvgIpc) is 2.68. The molecule has 2 atom stereocenters. The molecule has 140 valence electrons. The van der Waals surface area contributed by atoms with E-state index in [0.717, 1.165) is 62.2 Å². The first-order valence-electron chi connectivity index (χ1n) is 9.62. The molecule has 0 aromatic carbocycles. The molecule has 1 aliphatic rings. The minimum atomic E-state index is -0.168. The summed E-state index contributed by atoms with van der Waals surface area (Å²) in [5.74, 6) is -0.196. The van der Waals surface area contributed by atoms with E-state index in [4.69, 9.17) is 5.73 Å². The van der Waals surface area contributed by atoms with Crippen molar-refractivity contribution in [2.45, 2.75) is 39.2 Å². The quantitative estimate of drug-likeness (QED) is 0.825. The van der Waals surface area contributed by atoms with E-state index in [9.17, 15) is 4.79 Å². The first-order chi connectivity index (χ1) is 12.6. The third-order valence-corrected chi connectivity index (χ3v) is 5.59. The number of carbonyl (C=O) groups excluding carboxylic acids is 1. The number of carbonyl (C=O) groups is 1. The predicted octanol–water partition coefficient (Wildman–Crippen LogP) is 2.43. The van der Waals surface area contributed by atoms with Crippen molar-refractivity contribution in [2.75, 3.05) is 31.1 Å². The number of rotatable bonds is 7. The summed E-state index contributed by atoms with van der Waals surface area (Å²) in [7, 11) is 0. The fraction of sp³-hybridized carbons (Fsp3) is 0.550. The molecular formula is C20H29N5O. The monoisotopic (exact) mass is 355 g/mol. The van der Waals surface area contributed by atoms with Gasteiger partial charge in [-0.05, 0) is 50.6 Å². The lowest BCUT2D eigenvalue weighted by molar-refractivity contribution is -0.122. The van der Waals surface area contributed by atoms with Crippen molar-refractivity contribution in [3.63, 3.8) is 0 Å². The molecule has 0 aliphatic carbocycles. The molecule has 1 amide bonds. The van der Waals surface area contributed by atoms with Crippen LogP contribution in [0.2, 0.25) is 0 Å². The van der Waals surface area contributed by atoms with Gasteiger partial charge in [-0.1, -0.05) is 13.8 Å². The Balaban J connectivity index is 1.88. The molecule has 3 heterocycles. The summed E-state index contributed by atoms with van der Waals surface area (Å²) in [6, 6.07) is 6.40. The van der Waals surface area contributed by atoms with Crippen LogP contribution in [0.4, 0.5) is 5.69 Å². The molecule has 0 bridgehead atoms. The molecule has 2 aromatic heterocycles. The number of hydrogen-bond acceptors (Lipinski definition) is 5. The standard InChI is InChI=1S/C20H29N5O/c1-3-24(4-2)12-9-16-14-15(19(21)26)8-13-25(16)18-7-11-23-20-17(18)6-5-10-22-20/h5-7,10-11,15-16H,3-4,8-9,12-14H2,1-2H3,(H2,21,26). The zero-order valence-corrected chi connectivity index (χ0v) is 15.8. The highest BCUT2D eigenvalue weighted by Gasteiger charge is 2.32. The number of primary amides is 1. The summed E-state index contributed by atoms with van der Waals surface area (Å²) in [6.45, 7) is 8.34. The largest absolute Gasteiger partial charge is 0.369 e. The lowest BCUT2D eigenvalue weighted by Gasteiger charge is -2.41. The molecule has 0 radical (unpaired) electrons. The predicted molar refractivity (Wildman–Crippen MR) is 105 cm³/mol. The van der Waals surface area contributed by atoms with Crippen LogP contribution in [0.25, 0.3) is 11.0 Å². The third kappa shape index (κ3) is 3.96. The molecule has 0 saturated carbocycles. The molecular weight excluding hydrogens is 326 g/mol. The van der Waals surface area contributed by atoms with Crippen LogP contribution in [0.1, 0.15) is 33.1 Å². The van der Waals surface area contributed by atoms with Gasteiger partial charge in [0.1, 0.15) is 0 Å². The number of aromatic nitrogens is 2. The SMILES string of the molecule is CCN(CC)CCC1CC(C(N)=O)CCN1c1ccnc2ncccc12. The number of fused-ring (bicyclic) bond motifs is 1. The Kier molecular flexibility index (Phi) is 6.04. The Hall–Kier alpha value is -2.21. The molecule has 2 aromatic rings. The molecule has 1 fully saturated rings. The van der Waals surface area contributed by atoms with Crippen LogP contribution in [-0.2, 0) is 4.79 Å². The molecule has 2 unspecified atom stereocenters. The van der Waals surface area contributed by atoms with Gasteiger partial charge in [0.15, 0.2) is 5.65 Å². The van der Waals surface area contributed by atoms with Gasteiger partial charge in [0.05, 0.1) is 0 Å². The fourth-order valence-corrected chi connectivity index (χ4v) is 3.99. The number of piperidine rings is 1. The number of amides is 1. The van der Waals surface area contributed by atoms with Gasteiger partial charge in [-0.25, -0.2) is 9.97 Å². The van der Waals surface area contributed by atoms with Crippen LogP contribution < -0.4 is 10.6 Å². The van der Waals surface area contributed by atoms with E-state index in [0.29, 0.717) is 6.04 Å². The van der Waals surface area contributed by atoms with Crippen LogP contribution >= 0.6 is 0 Å². The molecule has 2 N–H and O–H groups in total. The summed E-state index contributed by atoms with van der Waals surface area (Å²) in [5.41, 5.74) is 7.56. The van der Waals surface area contributed by atoms with Crippen LogP contribution in [0.5, 0.6) is 0 Å². The van der Waals surface area contributed by atoms with Crippen molar-refractivity contribution >= 4 is 22.6 Å². The molecule has 6 heteroatoms. The number of nitrogens with two attached hydrogens (primary N) is 1. The van der Waals surface area contributed by atoms with Gasteiger partial charge < -0.3 is 15.5 Å². The molecule has 3 rings (SSSR count). The van der Waals surface area contributed by atoms with E-state index >= 15 is 0 Å². The highest BCUT2D eigenvalue weighted by atomic mass is 16.1. The van der Waals surface area contributed by atoms with Crippen molar-refractivity contribution < 1.29 is 4.79 Å². The van der Waals surface area contributed by atoms with Crippen LogP contribution in [0, 0.1) is 5.92 Å². The molecule has 1 saturated heterocycles. The summed E-state index contributed by atoms with van der Waals surface area (Å²) >= 11 is 0. The second kappa shape index (κ2) is 8.45. The lowest BCUT2D eigenvalue weighted by atomic mass is 9.88. The Morgan fingerprint density at radius 1 is 1.27 bits per heavy atom. The van der Waals surface area contributed by atoms with E-state index in [2.05, 4.69) is 45.7 Å². The van der Waals surface area contributed by atoms with Gasteiger partial charge in [0.25, 0.3) is 0 Å². The minimum absolute atomic E-state index is 0.0285. The molecule has 26 heavy (non-hydrogen) atoms. The number of hydrogen-bond donors (Lipinski definition) is 1. The normalized spacial score (nSPS) is 20.7. The maximum atomic E-state index is 11.8. The van der Waals surface area contributed by atoms with E-state index in [1.807, 2.05) is 12.3 Å². The maximum absolute atomic E-state index is 11.8. The zero-order valence-electron chi connectivity index (χ0n) is 15.8. The Labute approximate surface area is 155 Å². The summed E-state index contributed by atoms with van der Waals surface area (Å²) in [4.78, 5) is 25.4. The number of nitrogens with zero attached hydrogens (tertiary/aromatic N) is 4. The number of pyridine rings is 2. The second-order valence-corrected chi connectivity index (χ2v) is 6.99. The van der Waals surface area contributed by atoms with Gasteiger partial charge in [-0.15, -0.1) is 0 Å². The van der Waals surface area contributed by atoms with Gasteiger partial charge in [-0.2, -0.15) is 0 Å². The summed E-state index contributed by atoms with van der Waals surface area (Å²) in [6.07, 6.45) is 6.25. The second-order valence-electron chi connectivity index (χ2n) is 6.99. The Morgan fingerprint density at radius 2 is 2.04 bits per heavy atom. The fourth-order valence-electron chi connectivity index (χ4n) is 3.99. The van der Waals surface area contributed by atoms with Crippen molar-refractivity contribution in [2.24, 2.45) is 11.7 Å². The molecule has 6 nitrogen and oxygen atoms in total. The summed E-state index contributed by atoms with van der Waals surface area (Å²) < 4.78 is 0. The van der Waals surface area contributed by atoms with Crippen LogP contribution in [-0.4, -0.2) is 53.0 Å². The van der Waals surface area contributed by atoms with Gasteiger partial charge in [0.2, 0.25) is 5.91 Å². The maximum Gasteiger partial charge on any atom is 0.220 e. The zero-order chi connectivity index (χ0) is 18.5. The minimum Gasteiger partial charge on any atom is -0.369 e. The number of anilines is 1. The average molecular weight is 355 g/mol. The Bertz CT molecular complexity index is 741. The van der Waals surface area contributed by atoms with Crippen LogP contribution in [0.3, 0.4) is 0 Å². The highest BCUT2D eigenvalue weighted by molar-refractivity contribution is 5.89.